The second kappa shape index (κ2) is 18.8. The van der Waals surface area contributed by atoms with E-state index in [2.05, 4.69) is 10.6 Å². The molecule has 0 saturated carbocycles. The molecule has 0 aliphatic heterocycles. The fourth-order valence-corrected chi connectivity index (χ4v) is 6.76. The molecular formula is C42H65N5O9. The number of aryl methyl sites for hydroxylation is 1. The van der Waals surface area contributed by atoms with Crippen molar-refractivity contribution in [3.8, 4) is 0 Å². The number of likely N-dealkylation sites (N-methyl/N-ethyl adjacent to an activating group) is 2. The van der Waals surface area contributed by atoms with Gasteiger partial charge in [-0.05, 0) is 64.0 Å². The van der Waals surface area contributed by atoms with Crippen molar-refractivity contribution in [3.63, 3.8) is 0 Å². The van der Waals surface area contributed by atoms with Gasteiger partial charge in [-0.15, -0.1) is 0 Å². The second-order valence-corrected chi connectivity index (χ2v) is 17.4. The maximum Gasteiger partial charge on any atom is 0.410 e. The highest BCUT2D eigenvalue weighted by atomic mass is 16.6. The van der Waals surface area contributed by atoms with Crippen molar-refractivity contribution in [1.82, 2.24) is 25.0 Å². The average molecular weight is 784 g/mol. The Labute approximate surface area is 332 Å². The quantitative estimate of drug-likeness (QED) is 0.145. The third-order valence-corrected chi connectivity index (χ3v) is 9.77. The van der Waals surface area contributed by atoms with E-state index in [9.17, 15) is 28.8 Å². The largest absolute Gasteiger partial charge is 0.481 e. The van der Waals surface area contributed by atoms with Crippen LogP contribution in [0.3, 0.4) is 0 Å². The lowest BCUT2D eigenvalue weighted by atomic mass is 9.76. The summed E-state index contributed by atoms with van der Waals surface area (Å²) in [4.78, 5) is 82.9. The molecule has 0 radical (unpaired) electrons. The summed E-state index contributed by atoms with van der Waals surface area (Å²) in [6.07, 6.45) is 2.35. The molecule has 1 aromatic heterocycles. The summed E-state index contributed by atoms with van der Waals surface area (Å²) >= 11 is 0. The number of hydrogen-bond acceptors (Lipinski definition) is 8. The predicted molar refractivity (Wildman–Crippen MR) is 216 cm³/mol. The van der Waals surface area contributed by atoms with Crippen LogP contribution < -0.4 is 10.6 Å². The number of amides is 4. The summed E-state index contributed by atoms with van der Waals surface area (Å²) < 4.78 is 12.8. The van der Waals surface area contributed by atoms with Crippen molar-refractivity contribution in [2.45, 2.75) is 131 Å². The molecule has 1 aromatic carbocycles. The van der Waals surface area contributed by atoms with Gasteiger partial charge in [0.05, 0.1) is 12.6 Å². The molecule has 0 saturated heterocycles. The highest BCUT2D eigenvalue weighted by Crippen LogP contribution is 2.37. The molecule has 0 bridgehead atoms. The van der Waals surface area contributed by atoms with Gasteiger partial charge >= 0.3 is 18.0 Å². The molecule has 14 nitrogen and oxygen atoms in total. The van der Waals surface area contributed by atoms with Crippen molar-refractivity contribution in [2.75, 3.05) is 20.7 Å². The number of carbonyl (C=O) groups excluding carboxylic acids is 5. The fourth-order valence-electron chi connectivity index (χ4n) is 6.76. The van der Waals surface area contributed by atoms with Crippen LogP contribution in [0.2, 0.25) is 0 Å². The fraction of sp³-hybridized carbons (Fsp3) is 0.619. The number of rotatable bonds is 16. The normalized spacial score (nSPS) is 14.7. The minimum absolute atomic E-state index is 0.0552. The lowest BCUT2D eigenvalue weighted by Crippen LogP contribution is -2.63. The molecule has 4 atom stereocenters. The summed E-state index contributed by atoms with van der Waals surface area (Å²) in [7, 11) is 5.03. The van der Waals surface area contributed by atoms with E-state index in [0.29, 0.717) is 0 Å². The molecule has 0 unspecified atom stereocenters. The van der Waals surface area contributed by atoms with Crippen molar-refractivity contribution in [1.29, 1.82) is 0 Å². The molecule has 3 N–H and O–H groups in total. The predicted octanol–water partition coefficient (Wildman–Crippen LogP) is 5.56. The number of carboxylic acids is 1. The number of aromatic nitrogens is 1. The van der Waals surface area contributed by atoms with Crippen LogP contribution in [-0.4, -0.2) is 106 Å². The SMILES string of the molecule is CCOC(=O)[C@@H](CCC(=O)O)NC(=O)/C(C)=C/[C@H](C(C)C)N(C)C(=O)[C@@H](NC(=O)[C@@H](N(C)C(=O)OC(C)(C)C)C(C)(C)c1cn(C)c2ccccc12)C(C)(C)C. The first-order valence-corrected chi connectivity index (χ1v) is 19.1. The van der Waals surface area contributed by atoms with Crippen LogP contribution in [0, 0.1) is 11.3 Å². The Morgan fingerprint density at radius 2 is 1.52 bits per heavy atom. The topological polar surface area (TPSA) is 177 Å². The minimum Gasteiger partial charge on any atom is -0.481 e. The number of ether oxygens (including phenoxy) is 2. The number of para-hydroxylation sites is 1. The molecule has 14 heteroatoms. The van der Waals surface area contributed by atoms with Gasteiger partial charge < -0.3 is 34.7 Å². The highest BCUT2D eigenvalue weighted by molar-refractivity contribution is 5.97. The molecule has 1 heterocycles. The first kappa shape index (κ1) is 47.3. The molecule has 4 amide bonds. The van der Waals surface area contributed by atoms with E-state index < -0.39 is 76.4 Å². The first-order chi connectivity index (χ1) is 25.6. The number of carboxylic acid groups (broad SMARTS) is 1. The van der Waals surface area contributed by atoms with Gasteiger partial charge in [-0.3, -0.25) is 24.1 Å². The molecule has 2 aromatic rings. The Balaban J connectivity index is 2.57. The van der Waals surface area contributed by atoms with E-state index in [0.717, 1.165) is 16.5 Å². The smallest absolute Gasteiger partial charge is 0.410 e. The Bertz CT molecular complexity index is 1780. The van der Waals surface area contributed by atoms with E-state index in [1.807, 2.05) is 90.5 Å². The lowest BCUT2D eigenvalue weighted by molar-refractivity contribution is -0.147. The Kier molecular flexibility index (Phi) is 15.9. The molecule has 0 spiro atoms. The van der Waals surface area contributed by atoms with Gasteiger partial charge in [-0.1, -0.05) is 72.7 Å². The summed E-state index contributed by atoms with van der Waals surface area (Å²) in [6.45, 7) is 21.5. The van der Waals surface area contributed by atoms with Crippen LogP contribution >= 0.6 is 0 Å². The van der Waals surface area contributed by atoms with Gasteiger partial charge in [0.15, 0.2) is 0 Å². The second-order valence-electron chi connectivity index (χ2n) is 17.4. The summed E-state index contributed by atoms with van der Waals surface area (Å²) in [5.74, 6) is -3.68. The van der Waals surface area contributed by atoms with E-state index in [4.69, 9.17) is 14.6 Å². The van der Waals surface area contributed by atoms with Gasteiger partial charge in [0.1, 0.15) is 23.7 Å². The Morgan fingerprint density at radius 1 is 0.929 bits per heavy atom. The third-order valence-electron chi connectivity index (χ3n) is 9.77. The first-order valence-electron chi connectivity index (χ1n) is 19.1. The number of carbonyl (C=O) groups is 6. The van der Waals surface area contributed by atoms with Gasteiger partial charge in [0, 0.05) is 55.7 Å². The number of fused-ring (bicyclic) bond motifs is 1. The van der Waals surface area contributed by atoms with Crippen molar-refractivity contribution in [3.05, 3.63) is 47.7 Å². The third kappa shape index (κ3) is 12.1. The van der Waals surface area contributed by atoms with Gasteiger partial charge in [0.25, 0.3) is 0 Å². The molecular weight excluding hydrogens is 718 g/mol. The average Bonchev–Trinajstić information content (AvgIpc) is 3.42. The lowest BCUT2D eigenvalue weighted by Gasteiger charge is -2.42. The number of nitrogens with one attached hydrogen (secondary N) is 2. The Morgan fingerprint density at radius 3 is 2.04 bits per heavy atom. The molecule has 0 aliphatic carbocycles. The maximum atomic E-state index is 14.8. The zero-order valence-electron chi connectivity index (χ0n) is 36.0. The van der Waals surface area contributed by atoms with Crippen LogP contribution in [0.4, 0.5) is 4.79 Å². The monoisotopic (exact) mass is 783 g/mol. The van der Waals surface area contributed by atoms with Crippen LogP contribution in [0.5, 0.6) is 0 Å². The molecule has 56 heavy (non-hydrogen) atoms. The summed E-state index contributed by atoms with van der Waals surface area (Å²) in [5, 5.41) is 15.7. The van der Waals surface area contributed by atoms with Crippen molar-refractivity contribution in [2.24, 2.45) is 18.4 Å². The van der Waals surface area contributed by atoms with Crippen LogP contribution in [0.15, 0.2) is 42.1 Å². The number of benzene rings is 1. The zero-order chi connectivity index (χ0) is 43.1. The summed E-state index contributed by atoms with van der Waals surface area (Å²) in [5.41, 5.74) is -0.668. The standard InChI is InChI=1S/C42H65N5O9/c1-16-55-38(53)29(21-22-32(48)49)43-35(50)26(4)23-31(25(2)3)46(14)37(52)33(40(5,6)7)44-36(51)34(47(15)39(54)56-41(8,9)10)42(11,12)28-24-45(13)30-20-18-17-19-27(28)30/h17-20,23-25,29,31,33-34H,16,21-22H2,1-15H3,(H,43,50)(H,44,51)(H,48,49)/b26-23+/t29-,31-,33-,34-/m1/s1. The molecule has 0 aliphatic rings. The molecule has 2 rings (SSSR count). The Hall–Kier alpha value is -4.88. The van der Waals surface area contributed by atoms with Crippen LogP contribution in [0.25, 0.3) is 10.9 Å². The highest BCUT2D eigenvalue weighted by Gasteiger charge is 2.47. The van der Waals surface area contributed by atoms with Crippen LogP contribution in [0.1, 0.15) is 101 Å². The van der Waals surface area contributed by atoms with E-state index >= 15 is 0 Å². The number of hydrogen-bond donors (Lipinski definition) is 3. The molecule has 312 valence electrons. The maximum absolute atomic E-state index is 14.8. The summed E-state index contributed by atoms with van der Waals surface area (Å²) in [6, 6.07) is 3.78. The van der Waals surface area contributed by atoms with E-state index in [1.54, 1.807) is 40.8 Å². The van der Waals surface area contributed by atoms with Gasteiger partial charge in [-0.2, -0.15) is 0 Å². The zero-order valence-corrected chi connectivity index (χ0v) is 36.0. The minimum atomic E-state index is -1.18. The molecule has 0 fully saturated rings. The van der Waals surface area contributed by atoms with Gasteiger partial charge in [-0.25, -0.2) is 9.59 Å². The van der Waals surface area contributed by atoms with E-state index in [-0.39, 0.29) is 30.9 Å². The number of esters is 1. The van der Waals surface area contributed by atoms with E-state index in [1.165, 1.54) is 23.8 Å². The van der Waals surface area contributed by atoms with Crippen LogP contribution in [-0.2, 0) is 45.9 Å². The van der Waals surface area contributed by atoms with Crippen molar-refractivity contribution >= 4 is 46.7 Å². The number of aliphatic carboxylic acids is 1. The number of nitrogens with zero attached hydrogens (tertiary/aromatic N) is 3. The van der Waals surface area contributed by atoms with Crippen molar-refractivity contribution < 1.29 is 43.3 Å². The van der Waals surface area contributed by atoms with Gasteiger partial charge in [0.2, 0.25) is 17.7 Å².